The molecule has 2 N–H and O–H groups in total. The topological polar surface area (TPSA) is 97.3 Å². The molecular weight excluding hydrogens is 374 g/mol. The van der Waals surface area contributed by atoms with Gasteiger partial charge in [0.15, 0.2) is 5.75 Å². The van der Waals surface area contributed by atoms with Gasteiger partial charge in [0.1, 0.15) is 23.6 Å². The predicted molar refractivity (Wildman–Crippen MR) is 106 cm³/mol. The minimum Gasteiger partial charge on any atom is -0.491 e. The summed E-state index contributed by atoms with van der Waals surface area (Å²) in [5.41, 5.74) is 6.48. The number of nitrogens with two attached hydrogens (primary N) is 1. The lowest BCUT2D eigenvalue weighted by atomic mass is 10.2. The van der Waals surface area contributed by atoms with Crippen LogP contribution in [0.5, 0.6) is 17.2 Å². The van der Waals surface area contributed by atoms with E-state index >= 15 is 0 Å². The summed E-state index contributed by atoms with van der Waals surface area (Å²) in [6, 6.07) is 8.87. The third-order valence-corrected chi connectivity index (χ3v) is 4.69. The minimum absolute atomic E-state index is 0.264. The molecule has 8 nitrogen and oxygen atoms in total. The monoisotopic (exact) mass is 397 g/mol. The molecule has 0 radical (unpaired) electrons. The number of primary amides is 1. The van der Waals surface area contributed by atoms with Crippen molar-refractivity contribution in [3.63, 3.8) is 0 Å². The minimum atomic E-state index is -0.530. The molecule has 0 bridgehead atoms. The van der Waals surface area contributed by atoms with Gasteiger partial charge in [-0.25, -0.2) is 4.98 Å². The number of imidazole rings is 1. The molecule has 3 aromatic rings. The van der Waals surface area contributed by atoms with Crippen LogP contribution in [-0.2, 0) is 9.47 Å². The van der Waals surface area contributed by atoms with E-state index in [9.17, 15) is 4.79 Å². The first-order valence-electron chi connectivity index (χ1n) is 9.54. The SMILES string of the molecule is NC(=O)c1cc(Oc2ccc(OCCOC3CCOCC3)cc2)c2cncn2c1. The molecule has 0 atom stereocenters. The van der Waals surface area contributed by atoms with Gasteiger partial charge in [0.2, 0.25) is 5.91 Å². The van der Waals surface area contributed by atoms with Crippen LogP contribution >= 0.6 is 0 Å². The van der Waals surface area contributed by atoms with E-state index in [1.165, 1.54) is 0 Å². The number of benzene rings is 1. The van der Waals surface area contributed by atoms with E-state index in [1.807, 2.05) is 12.1 Å². The second-order valence-corrected chi connectivity index (χ2v) is 6.75. The highest BCUT2D eigenvalue weighted by atomic mass is 16.5. The molecule has 3 heterocycles. The number of pyridine rings is 1. The number of carbonyl (C=O) groups is 1. The lowest BCUT2D eigenvalue weighted by Gasteiger charge is -2.22. The molecule has 0 aliphatic carbocycles. The summed E-state index contributed by atoms with van der Waals surface area (Å²) in [6.07, 6.45) is 7.02. The largest absolute Gasteiger partial charge is 0.491 e. The van der Waals surface area contributed by atoms with Gasteiger partial charge >= 0.3 is 0 Å². The number of aromatic nitrogens is 2. The standard InChI is InChI=1S/C21H23N3O5/c22-21(25)15-11-20(19-12-23-14-24(19)13-15)29-18-3-1-16(2-4-18)27-9-10-28-17-5-7-26-8-6-17/h1-4,11-14,17H,5-10H2,(H2,22,25). The van der Waals surface area contributed by atoms with E-state index < -0.39 is 5.91 Å². The van der Waals surface area contributed by atoms with E-state index in [4.69, 9.17) is 24.7 Å². The Hall–Kier alpha value is -3.10. The van der Waals surface area contributed by atoms with Crippen molar-refractivity contribution < 1.29 is 23.7 Å². The Bertz CT molecular complexity index is 964. The summed E-state index contributed by atoms with van der Waals surface area (Å²) >= 11 is 0. The van der Waals surface area contributed by atoms with Crippen molar-refractivity contribution in [3.8, 4) is 17.2 Å². The molecule has 1 fully saturated rings. The Kier molecular flexibility index (Phi) is 5.92. The molecule has 0 saturated carbocycles. The van der Waals surface area contributed by atoms with Crippen molar-refractivity contribution in [3.05, 3.63) is 54.6 Å². The summed E-state index contributed by atoms with van der Waals surface area (Å²) in [7, 11) is 0. The van der Waals surface area contributed by atoms with E-state index in [-0.39, 0.29) is 6.10 Å². The maximum absolute atomic E-state index is 11.5. The zero-order valence-corrected chi connectivity index (χ0v) is 16.0. The predicted octanol–water partition coefficient (Wildman–Crippen LogP) is 2.80. The third-order valence-electron chi connectivity index (χ3n) is 4.69. The Morgan fingerprint density at radius 3 is 2.69 bits per heavy atom. The van der Waals surface area contributed by atoms with Gasteiger partial charge in [0.25, 0.3) is 0 Å². The Morgan fingerprint density at radius 2 is 1.93 bits per heavy atom. The molecule has 1 amide bonds. The highest BCUT2D eigenvalue weighted by Crippen LogP contribution is 2.28. The van der Waals surface area contributed by atoms with Gasteiger partial charge in [-0.05, 0) is 43.2 Å². The number of hydrogen-bond donors (Lipinski definition) is 1. The molecule has 1 saturated heterocycles. The molecule has 0 unspecified atom stereocenters. The first kappa shape index (κ1) is 19.2. The third kappa shape index (κ3) is 4.85. The van der Waals surface area contributed by atoms with Crippen molar-refractivity contribution in [1.82, 2.24) is 9.38 Å². The molecule has 1 aliphatic rings. The quantitative estimate of drug-likeness (QED) is 0.587. The molecule has 1 aliphatic heterocycles. The Morgan fingerprint density at radius 1 is 1.17 bits per heavy atom. The van der Waals surface area contributed by atoms with Gasteiger partial charge in [-0.3, -0.25) is 4.79 Å². The first-order valence-corrected chi connectivity index (χ1v) is 9.54. The highest BCUT2D eigenvalue weighted by molar-refractivity contribution is 5.93. The van der Waals surface area contributed by atoms with Crippen LogP contribution in [-0.4, -0.2) is 47.8 Å². The van der Waals surface area contributed by atoms with E-state index in [1.54, 1.807) is 41.3 Å². The Balaban J connectivity index is 1.34. The van der Waals surface area contributed by atoms with Crippen LogP contribution in [0.2, 0.25) is 0 Å². The molecule has 1 aromatic carbocycles. The number of fused-ring (bicyclic) bond motifs is 1. The van der Waals surface area contributed by atoms with Gasteiger partial charge in [0, 0.05) is 19.4 Å². The van der Waals surface area contributed by atoms with Crippen LogP contribution in [0.1, 0.15) is 23.2 Å². The van der Waals surface area contributed by atoms with Crippen LogP contribution in [0.4, 0.5) is 0 Å². The second kappa shape index (κ2) is 8.93. The zero-order valence-electron chi connectivity index (χ0n) is 16.0. The number of carbonyl (C=O) groups excluding carboxylic acids is 1. The number of amides is 1. The molecule has 0 spiro atoms. The van der Waals surface area contributed by atoms with Gasteiger partial charge in [-0.2, -0.15) is 0 Å². The lowest BCUT2D eigenvalue weighted by Crippen LogP contribution is -2.25. The van der Waals surface area contributed by atoms with E-state index in [0.717, 1.165) is 37.3 Å². The van der Waals surface area contributed by atoms with Crippen LogP contribution in [0, 0.1) is 0 Å². The fourth-order valence-corrected chi connectivity index (χ4v) is 3.16. The summed E-state index contributed by atoms with van der Waals surface area (Å²) in [4.78, 5) is 15.6. The number of ether oxygens (including phenoxy) is 4. The lowest BCUT2D eigenvalue weighted by molar-refractivity contribution is -0.0388. The van der Waals surface area contributed by atoms with Gasteiger partial charge in [-0.1, -0.05) is 0 Å². The maximum atomic E-state index is 11.5. The van der Waals surface area contributed by atoms with Crippen LogP contribution in [0.15, 0.2) is 49.1 Å². The second-order valence-electron chi connectivity index (χ2n) is 6.75. The van der Waals surface area contributed by atoms with Crippen molar-refractivity contribution >= 4 is 11.4 Å². The van der Waals surface area contributed by atoms with Crippen molar-refractivity contribution in [2.45, 2.75) is 18.9 Å². The number of rotatable bonds is 8. The van der Waals surface area contributed by atoms with Crippen LogP contribution in [0.3, 0.4) is 0 Å². The average Bonchev–Trinajstić information content (AvgIpc) is 3.22. The van der Waals surface area contributed by atoms with E-state index in [2.05, 4.69) is 4.98 Å². The van der Waals surface area contributed by atoms with Crippen LogP contribution < -0.4 is 15.2 Å². The molecular formula is C21H23N3O5. The van der Waals surface area contributed by atoms with Gasteiger partial charge in [0.05, 0.1) is 30.8 Å². The first-order chi connectivity index (χ1) is 14.2. The van der Waals surface area contributed by atoms with E-state index in [0.29, 0.717) is 30.3 Å². The van der Waals surface area contributed by atoms with Gasteiger partial charge in [-0.15, -0.1) is 0 Å². The zero-order chi connectivity index (χ0) is 20.1. The fraction of sp³-hybridized carbons (Fsp3) is 0.333. The molecule has 152 valence electrons. The average molecular weight is 397 g/mol. The summed E-state index contributed by atoms with van der Waals surface area (Å²) < 4.78 is 24.5. The van der Waals surface area contributed by atoms with Crippen molar-refractivity contribution in [1.29, 1.82) is 0 Å². The van der Waals surface area contributed by atoms with Crippen molar-refractivity contribution in [2.24, 2.45) is 5.73 Å². The maximum Gasteiger partial charge on any atom is 0.250 e. The number of nitrogens with zero attached hydrogens (tertiary/aromatic N) is 2. The fourth-order valence-electron chi connectivity index (χ4n) is 3.16. The number of hydrogen-bond acceptors (Lipinski definition) is 6. The van der Waals surface area contributed by atoms with Crippen LogP contribution in [0.25, 0.3) is 5.52 Å². The normalized spacial score (nSPS) is 14.8. The summed E-state index contributed by atoms with van der Waals surface area (Å²) in [6.45, 7) is 2.55. The summed E-state index contributed by atoms with van der Waals surface area (Å²) in [5, 5.41) is 0. The molecule has 2 aromatic heterocycles. The summed E-state index contributed by atoms with van der Waals surface area (Å²) in [5.74, 6) is 1.31. The molecule has 8 heteroatoms. The van der Waals surface area contributed by atoms with Crippen molar-refractivity contribution in [2.75, 3.05) is 26.4 Å². The molecule has 29 heavy (non-hydrogen) atoms. The Labute approximate surface area is 168 Å². The smallest absolute Gasteiger partial charge is 0.250 e. The van der Waals surface area contributed by atoms with Gasteiger partial charge < -0.3 is 29.1 Å². The molecule has 4 rings (SSSR count). The highest BCUT2D eigenvalue weighted by Gasteiger charge is 2.14.